The SMILES string of the molecule is CCc1ccc(NC(N)=S)c(O)c1. The first-order valence-electron chi connectivity index (χ1n) is 4.02. The van der Waals surface area contributed by atoms with Crippen LogP contribution in [0.3, 0.4) is 0 Å². The van der Waals surface area contributed by atoms with Crippen molar-refractivity contribution in [1.82, 2.24) is 0 Å². The van der Waals surface area contributed by atoms with E-state index >= 15 is 0 Å². The third kappa shape index (κ3) is 2.59. The molecule has 0 aliphatic heterocycles. The highest BCUT2D eigenvalue weighted by molar-refractivity contribution is 7.80. The molecule has 0 saturated heterocycles. The Morgan fingerprint density at radius 2 is 2.31 bits per heavy atom. The Balaban J connectivity index is 2.91. The minimum Gasteiger partial charge on any atom is -0.506 e. The standard InChI is InChI=1S/C9H12N2OS/c1-2-6-3-4-7(8(12)5-6)11-9(10)13/h3-5,12H,2H2,1H3,(H3,10,11,13). The highest BCUT2D eigenvalue weighted by Crippen LogP contribution is 2.24. The molecule has 1 aromatic rings. The molecular formula is C9H12N2OS. The van der Waals surface area contributed by atoms with Crippen LogP contribution in [-0.4, -0.2) is 10.2 Å². The second-order valence-electron chi connectivity index (χ2n) is 2.69. The fourth-order valence-electron chi connectivity index (χ4n) is 1.04. The topological polar surface area (TPSA) is 58.3 Å². The second kappa shape index (κ2) is 4.09. The number of rotatable bonds is 2. The van der Waals surface area contributed by atoms with Crippen LogP contribution in [0.4, 0.5) is 5.69 Å². The zero-order chi connectivity index (χ0) is 9.84. The summed E-state index contributed by atoms with van der Waals surface area (Å²) in [4.78, 5) is 0. The van der Waals surface area contributed by atoms with Crippen LogP contribution < -0.4 is 11.1 Å². The van der Waals surface area contributed by atoms with Gasteiger partial charge in [0.05, 0.1) is 5.69 Å². The number of aryl methyl sites for hydroxylation is 1. The number of anilines is 1. The lowest BCUT2D eigenvalue weighted by molar-refractivity contribution is 0.477. The summed E-state index contributed by atoms with van der Waals surface area (Å²) in [5.41, 5.74) is 6.89. The molecule has 0 unspecified atom stereocenters. The molecule has 0 fully saturated rings. The van der Waals surface area contributed by atoms with Crippen molar-refractivity contribution < 1.29 is 5.11 Å². The van der Waals surface area contributed by atoms with Gasteiger partial charge in [-0.3, -0.25) is 0 Å². The molecule has 1 aromatic carbocycles. The molecule has 0 aromatic heterocycles. The molecule has 4 N–H and O–H groups in total. The summed E-state index contributed by atoms with van der Waals surface area (Å²) in [6.45, 7) is 2.02. The molecule has 0 aliphatic carbocycles. The molecule has 3 nitrogen and oxygen atoms in total. The van der Waals surface area contributed by atoms with Crippen LogP contribution in [0, 0.1) is 0 Å². The van der Waals surface area contributed by atoms with Crippen LogP contribution in [0.25, 0.3) is 0 Å². The Bertz CT molecular complexity index is 325. The number of nitrogens with one attached hydrogen (secondary N) is 1. The predicted molar refractivity (Wildman–Crippen MR) is 57.9 cm³/mol. The van der Waals surface area contributed by atoms with Crippen molar-refractivity contribution in [3.05, 3.63) is 23.8 Å². The van der Waals surface area contributed by atoms with Crippen LogP contribution in [0.2, 0.25) is 0 Å². The fourth-order valence-corrected chi connectivity index (χ4v) is 1.15. The van der Waals surface area contributed by atoms with E-state index in [0.717, 1.165) is 12.0 Å². The van der Waals surface area contributed by atoms with E-state index in [0.29, 0.717) is 5.69 Å². The maximum absolute atomic E-state index is 9.49. The van der Waals surface area contributed by atoms with E-state index in [1.54, 1.807) is 12.1 Å². The number of benzene rings is 1. The fraction of sp³-hybridized carbons (Fsp3) is 0.222. The van der Waals surface area contributed by atoms with Gasteiger partial charge in [0.1, 0.15) is 5.75 Å². The Morgan fingerprint density at radius 3 is 2.77 bits per heavy atom. The molecule has 13 heavy (non-hydrogen) atoms. The summed E-state index contributed by atoms with van der Waals surface area (Å²) < 4.78 is 0. The number of thiocarbonyl (C=S) groups is 1. The van der Waals surface area contributed by atoms with E-state index in [9.17, 15) is 5.11 Å². The van der Waals surface area contributed by atoms with Gasteiger partial charge in [0.2, 0.25) is 0 Å². The number of aromatic hydroxyl groups is 1. The molecule has 4 heteroatoms. The number of phenolic OH excluding ortho intramolecular Hbond substituents is 1. The third-order valence-corrected chi connectivity index (χ3v) is 1.83. The van der Waals surface area contributed by atoms with Gasteiger partial charge in [-0.1, -0.05) is 13.0 Å². The molecule has 70 valence electrons. The smallest absolute Gasteiger partial charge is 0.168 e. The van der Waals surface area contributed by atoms with Crippen molar-refractivity contribution in [2.24, 2.45) is 5.73 Å². The van der Waals surface area contributed by atoms with Gasteiger partial charge in [-0.15, -0.1) is 0 Å². The Labute approximate surface area is 82.6 Å². The largest absolute Gasteiger partial charge is 0.506 e. The molecule has 0 amide bonds. The predicted octanol–water partition coefficient (Wildman–Crippen LogP) is 1.61. The lowest BCUT2D eigenvalue weighted by Crippen LogP contribution is -2.18. The zero-order valence-electron chi connectivity index (χ0n) is 7.37. The second-order valence-corrected chi connectivity index (χ2v) is 3.13. The van der Waals surface area contributed by atoms with E-state index in [4.69, 9.17) is 5.73 Å². The molecule has 0 spiro atoms. The summed E-state index contributed by atoms with van der Waals surface area (Å²) in [5.74, 6) is 0.173. The van der Waals surface area contributed by atoms with E-state index in [-0.39, 0.29) is 10.9 Å². The summed E-state index contributed by atoms with van der Waals surface area (Å²) in [7, 11) is 0. The monoisotopic (exact) mass is 196 g/mol. The quantitative estimate of drug-likeness (QED) is 0.497. The van der Waals surface area contributed by atoms with Crippen molar-refractivity contribution in [3.8, 4) is 5.75 Å². The van der Waals surface area contributed by atoms with Gasteiger partial charge in [-0.2, -0.15) is 0 Å². The lowest BCUT2D eigenvalue weighted by atomic mass is 10.1. The van der Waals surface area contributed by atoms with E-state index in [2.05, 4.69) is 17.5 Å². The maximum atomic E-state index is 9.49. The summed E-state index contributed by atoms with van der Waals surface area (Å²) in [6.07, 6.45) is 0.890. The van der Waals surface area contributed by atoms with Crippen molar-refractivity contribution in [1.29, 1.82) is 0 Å². The number of hydrogen-bond donors (Lipinski definition) is 3. The average molecular weight is 196 g/mol. The molecule has 0 bridgehead atoms. The molecule has 0 aliphatic rings. The summed E-state index contributed by atoms with van der Waals surface area (Å²) in [6, 6.07) is 5.37. The Morgan fingerprint density at radius 1 is 1.62 bits per heavy atom. The first-order chi connectivity index (χ1) is 6.13. The zero-order valence-corrected chi connectivity index (χ0v) is 8.19. The first kappa shape index (κ1) is 9.80. The van der Waals surface area contributed by atoms with Crippen LogP contribution >= 0.6 is 12.2 Å². The van der Waals surface area contributed by atoms with Crippen LogP contribution in [0.1, 0.15) is 12.5 Å². The lowest BCUT2D eigenvalue weighted by Gasteiger charge is -2.07. The van der Waals surface area contributed by atoms with Gasteiger partial charge in [-0.25, -0.2) is 0 Å². The third-order valence-electron chi connectivity index (χ3n) is 1.73. The van der Waals surface area contributed by atoms with E-state index in [1.165, 1.54) is 0 Å². The normalized spacial score (nSPS) is 9.62. The Hall–Kier alpha value is -1.29. The number of phenols is 1. The van der Waals surface area contributed by atoms with Gasteiger partial charge >= 0.3 is 0 Å². The van der Waals surface area contributed by atoms with Gasteiger partial charge in [0.25, 0.3) is 0 Å². The first-order valence-corrected chi connectivity index (χ1v) is 4.42. The molecular weight excluding hydrogens is 184 g/mol. The molecule has 0 atom stereocenters. The number of nitrogens with two attached hydrogens (primary N) is 1. The maximum Gasteiger partial charge on any atom is 0.168 e. The van der Waals surface area contributed by atoms with Crippen LogP contribution in [-0.2, 0) is 6.42 Å². The van der Waals surface area contributed by atoms with Gasteiger partial charge in [0, 0.05) is 0 Å². The van der Waals surface area contributed by atoms with Crippen LogP contribution in [0.5, 0.6) is 5.75 Å². The van der Waals surface area contributed by atoms with Crippen molar-refractivity contribution in [2.45, 2.75) is 13.3 Å². The van der Waals surface area contributed by atoms with Crippen LogP contribution in [0.15, 0.2) is 18.2 Å². The van der Waals surface area contributed by atoms with Gasteiger partial charge < -0.3 is 16.2 Å². The van der Waals surface area contributed by atoms with Gasteiger partial charge in [0.15, 0.2) is 5.11 Å². The van der Waals surface area contributed by atoms with E-state index < -0.39 is 0 Å². The Kier molecular flexibility index (Phi) is 3.08. The number of hydrogen-bond acceptors (Lipinski definition) is 2. The minimum absolute atomic E-state index is 0.152. The molecule has 1 rings (SSSR count). The molecule has 0 saturated carbocycles. The molecule has 0 radical (unpaired) electrons. The van der Waals surface area contributed by atoms with Crippen molar-refractivity contribution in [2.75, 3.05) is 5.32 Å². The van der Waals surface area contributed by atoms with Crippen molar-refractivity contribution in [3.63, 3.8) is 0 Å². The highest BCUT2D eigenvalue weighted by Gasteiger charge is 2.01. The van der Waals surface area contributed by atoms with Gasteiger partial charge in [-0.05, 0) is 36.3 Å². The minimum atomic E-state index is 0.152. The summed E-state index contributed by atoms with van der Waals surface area (Å²) >= 11 is 4.65. The van der Waals surface area contributed by atoms with E-state index in [1.807, 2.05) is 13.0 Å². The molecule has 0 heterocycles. The summed E-state index contributed by atoms with van der Waals surface area (Å²) in [5, 5.41) is 12.3. The highest BCUT2D eigenvalue weighted by atomic mass is 32.1. The van der Waals surface area contributed by atoms with Crippen molar-refractivity contribution >= 4 is 23.0 Å². The average Bonchev–Trinajstić information content (AvgIpc) is 2.08.